The first kappa shape index (κ1) is 14.7. The molecule has 2 atom stereocenters. The summed E-state index contributed by atoms with van der Waals surface area (Å²) in [5.74, 6) is -3.00. The normalized spacial score (nSPS) is 13.9. The van der Waals surface area contributed by atoms with Crippen molar-refractivity contribution in [3.63, 3.8) is 0 Å². The highest BCUT2D eigenvalue weighted by atomic mass is 32.1. The van der Waals surface area contributed by atoms with Crippen LogP contribution in [-0.2, 0) is 14.4 Å². The highest BCUT2D eigenvalue weighted by Crippen LogP contribution is 1.99. The molecule has 5 N–H and O–H groups in total. The first-order valence-electron chi connectivity index (χ1n) is 4.50. The topological polar surface area (TPSA) is 130 Å². The minimum absolute atomic E-state index is 0.0805. The number of hydrogen-bond donors (Lipinski definition) is 5. The second kappa shape index (κ2) is 7.07. The number of carbonyl (C=O) groups excluding carboxylic acids is 1. The van der Waals surface area contributed by atoms with Crippen LogP contribution in [0.25, 0.3) is 0 Å². The van der Waals surface area contributed by atoms with Gasteiger partial charge in [-0.25, -0.2) is 4.79 Å². The molecule has 0 aromatic rings. The number of nitrogens with one attached hydrogen (secondary N) is 1. The summed E-state index contributed by atoms with van der Waals surface area (Å²) in [7, 11) is 0. The third-order valence-corrected chi connectivity index (χ3v) is 2.19. The van der Waals surface area contributed by atoms with Gasteiger partial charge in [0.25, 0.3) is 0 Å². The lowest BCUT2D eigenvalue weighted by Gasteiger charge is -2.15. The van der Waals surface area contributed by atoms with E-state index in [0.717, 1.165) is 0 Å². The Kier molecular flexibility index (Phi) is 6.50. The summed E-state index contributed by atoms with van der Waals surface area (Å²) in [6, 6.07) is -2.15. The number of amides is 1. The van der Waals surface area contributed by atoms with Crippen LogP contribution in [0.15, 0.2) is 0 Å². The van der Waals surface area contributed by atoms with Gasteiger partial charge < -0.3 is 21.3 Å². The van der Waals surface area contributed by atoms with E-state index >= 15 is 0 Å². The van der Waals surface area contributed by atoms with Crippen LogP contribution in [0.5, 0.6) is 0 Å². The first-order chi connectivity index (χ1) is 7.38. The highest BCUT2D eigenvalue weighted by Gasteiger charge is 2.23. The van der Waals surface area contributed by atoms with Gasteiger partial charge in [-0.1, -0.05) is 0 Å². The van der Waals surface area contributed by atoms with Gasteiger partial charge in [-0.2, -0.15) is 12.6 Å². The molecule has 8 heteroatoms. The standard InChI is InChI=1S/C8H14N2O5S/c9-4(3-16)7(13)10-5(8(14)15)1-2-6(11)12/h4-5,16H,1-3,9H2,(H,10,13)(H,11,12)(H,14,15)/t4-,5-/m0/s1. The molecule has 0 aliphatic heterocycles. The van der Waals surface area contributed by atoms with Crippen molar-refractivity contribution in [3.05, 3.63) is 0 Å². The fourth-order valence-electron chi connectivity index (χ4n) is 0.887. The number of rotatable bonds is 7. The van der Waals surface area contributed by atoms with Gasteiger partial charge in [-0.3, -0.25) is 9.59 Å². The van der Waals surface area contributed by atoms with Crippen LogP contribution in [0.2, 0.25) is 0 Å². The molecular weight excluding hydrogens is 236 g/mol. The summed E-state index contributed by atoms with van der Waals surface area (Å²) in [5.41, 5.74) is 5.32. The molecule has 0 unspecified atom stereocenters. The molecule has 0 aliphatic rings. The van der Waals surface area contributed by atoms with Crippen molar-refractivity contribution in [1.82, 2.24) is 5.32 Å². The molecule has 0 fully saturated rings. The lowest BCUT2D eigenvalue weighted by molar-refractivity contribution is -0.143. The Morgan fingerprint density at radius 1 is 1.31 bits per heavy atom. The molecule has 0 aliphatic carbocycles. The summed E-state index contributed by atoms with van der Waals surface area (Å²) < 4.78 is 0. The van der Waals surface area contributed by atoms with Gasteiger partial charge in [0.2, 0.25) is 5.91 Å². The van der Waals surface area contributed by atoms with E-state index in [1.165, 1.54) is 0 Å². The second-order valence-corrected chi connectivity index (χ2v) is 3.49. The molecule has 92 valence electrons. The maximum atomic E-state index is 11.2. The zero-order valence-electron chi connectivity index (χ0n) is 8.42. The van der Waals surface area contributed by atoms with Gasteiger partial charge in [0.15, 0.2) is 0 Å². The van der Waals surface area contributed by atoms with Gasteiger partial charge >= 0.3 is 11.9 Å². The number of carbonyl (C=O) groups is 3. The number of aliphatic carboxylic acids is 2. The Hall–Kier alpha value is -1.28. The first-order valence-corrected chi connectivity index (χ1v) is 5.13. The number of thiol groups is 1. The molecule has 0 heterocycles. The minimum atomic E-state index is -1.29. The summed E-state index contributed by atoms with van der Waals surface area (Å²) >= 11 is 3.79. The van der Waals surface area contributed by atoms with Gasteiger partial charge in [-0.05, 0) is 6.42 Å². The van der Waals surface area contributed by atoms with E-state index in [9.17, 15) is 14.4 Å². The molecule has 1 amide bonds. The van der Waals surface area contributed by atoms with Gasteiger partial charge in [0, 0.05) is 12.2 Å². The van der Waals surface area contributed by atoms with Gasteiger partial charge in [0.1, 0.15) is 6.04 Å². The molecule has 0 aromatic heterocycles. The monoisotopic (exact) mass is 250 g/mol. The molecule has 0 rings (SSSR count). The molecule has 7 nitrogen and oxygen atoms in total. The lowest BCUT2D eigenvalue weighted by atomic mass is 10.1. The number of hydrogen-bond acceptors (Lipinski definition) is 5. The Morgan fingerprint density at radius 3 is 2.25 bits per heavy atom. The summed E-state index contributed by atoms with van der Waals surface area (Å²) in [6.07, 6.45) is -0.525. The van der Waals surface area contributed by atoms with Crippen molar-refractivity contribution < 1.29 is 24.6 Å². The fraction of sp³-hybridized carbons (Fsp3) is 0.625. The van der Waals surface area contributed by atoms with Crippen LogP contribution >= 0.6 is 12.6 Å². The maximum Gasteiger partial charge on any atom is 0.326 e. The molecule has 0 aromatic carbocycles. The summed E-state index contributed by atoms with van der Waals surface area (Å²) in [4.78, 5) is 32.2. The van der Waals surface area contributed by atoms with E-state index in [0.29, 0.717) is 0 Å². The Balaban J connectivity index is 4.28. The van der Waals surface area contributed by atoms with E-state index in [1.54, 1.807) is 0 Å². The molecular formula is C8H14N2O5S. The molecule has 0 radical (unpaired) electrons. The third kappa shape index (κ3) is 5.56. The van der Waals surface area contributed by atoms with E-state index in [1.807, 2.05) is 0 Å². The maximum absolute atomic E-state index is 11.2. The zero-order valence-corrected chi connectivity index (χ0v) is 9.31. The predicted molar refractivity (Wildman–Crippen MR) is 58.3 cm³/mol. The van der Waals surface area contributed by atoms with E-state index in [4.69, 9.17) is 15.9 Å². The lowest BCUT2D eigenvalue weighted by Crippen LogP contribution is -2.49. The summed E-state index contributed by atoms with van der Waals surface area (Å²) in [6.45, 7) is 0. The van der Waals surface area contributed by atoms with Crippen molar-refractivity contribution >= 4 is 30.5 Å². The third-order valence-electron chi connectivity index (χ3n) is 1.79. The van der Waals surface area contributed by atoms with Crippen LogP contribution in [0, 0.1) is 0 Å². The number of carboxylic acids is 2. The Bertz CT molecular complexity index is 284. The average molecular weight is 250 g/mol. The predicted octanol–water partition coefficient (Wildman–Crippen LogP) is -1.32. The SMILES string of the molecule is N[C@@H](CS)C(=O)N[C@@H](CCC(=O)O)C(=O)O. The van der Waals surface area contributed by atoms with Crippen LogP contribution < -0.4 is 11.1 Å². The highest BCUT2D eigenvalue weighted by molar-refractivity contribution is 7.80. The van der Waals surface area contributed by atoms with Crippen LogP contribution in [-0.4, -0.2) is 45.9 Å². The van der Waals surface area contributed by atoms with Crippen LogP contribution in [0.4, 0.5) is 0 Å². The molecule has 0 saturated carbocycles. The van der Waals surface area contributed by atoms with Crippen LogP contribution in [0.1, 0.15) is 12.8 Å². The van der Waals surface area contributed by atoms with E-state index in [-0.39, 0.29) is 18.6 Å². The zero-order chi connectivity index (χ0) is 12.7. The smallest absolute Gasteiger partial charge is 0.326 e. The van der Waals surface area contributed by atoms with Crippen LogP contribution in [0.3, 0.4) is 0 Å². The molecule has 0 saturated heterocycles. The van der Waals surface area contributed by atoms with Gasteiger partial charge in [-0.15, -0.1) is 0 Å². The molecule has 16 heavy (non-hydrogen) atoms. The minimum Gasteiger partial charge on any atom is -0.481 e. The summed E-state index contributed by atoms with van der Waals surface area (Å²) in [5, 5.41) is 19.3. The second-order valence-electron chi connectivity index (χ2n) is 3.12. The Labute approximate surface area is 97.4 Å². The van der Waals surface area contributed by atoms with Crippen molar-refractivity contribution in [3.8, 4) is 0 Å². The fourth-order valence-corrected chi connectivity index (χ4v) is 1.05. The number of nitrogens with two attached hydrogens (primary N) is 1. The van der Waals surface area contributed by atoms with Crippen molar-refractivity contribution in [1.29, 1.82) is 0 Å². The average Bonchev–Trinajstić information content (AvgIpc) is 2.21. The Morgan fingerprint density at radius 2 is 1.88 bits per heavy atom. The largest absolute Gasteiger partial charge is 0.481 e. The molecule has 0 spiro atoms. The van der Waals surface area contributed by atoms with Crippen molar-refractivity contribution in [2.45, 2.75) is 24.9 Å². The van der Waals surface area contributed by atoms with Gasteiger partial charge in [0.05, 0.1) is 6.04 Å². The number of carboxylic acid groups (broad SMARTS) is 2. The van der Waals surface area contributed by atoms with E-state index in [2.05, 4.69) is 17.9 Å². The van der Waals surface area contributed by atoms with E-state index < -0.39 is 29.9 Å². The van der Waals surface area contributed by atoms with Crippen molar-refractivity contribution in [2.75, 3.05) is 5.75 Å². The van der Waals surface area contributed by atoms with Crippen molar-refractivity contribution in [2.24, 2.45) is 5.73 Å². The molecule has 0 bridgehead atoms. The quantitative estimate of drug-likeness (QED) is 0.356.